The molecule has 142 valence electrons. The Kier molecular flexibility index (Phi) is 9.53. The van der Waals surface area contributed by atoms with Crippen LogP contribution in [0.3, 0.4) is 0 Å². The lowest BCUT2D eigenvalue weighted by molar-refractivity contribution is -0.117. The van der Waals surface area contributed by atoms with Crippen molar-refractivity contribution in [3.05, 3.63) is 24.3 Å². The minimum Gasteiger partial charge on any atom is -0.393 e. The van der Waals surface area contributed by atoms with Crippen LogP contribution in [0.1, 0.15) is 19.3 Å². The molecule has 2 fully saturated rings. The van der Waals surface area contributed by atoms with E-state index in [4.69, 9.17) is 4.74 Å². The molecule has 1 amide bonds. The van der Waals surface area contributed by atoms with Crippen LogP contribution in [-0.2, 0) is 9.53 Å². The molecule has 6 nitrogen and oxygen atoms in total. The maximum atomic E-state index is 12.3. The lowest BCUT2D eigenvalue weighted by Gasteiger charge is -2.33. The van der Waals surface area contributed by atoms with Crippen LogP contribution in [0.2, 0.25) is 0 Å². The Balaban J connectivity index is 0.00000156. The van der Waals surface area contributed by atoms with Crippen molar-refractivity contribution in [2.45, 2.75) is 31.4 Å². The molecule has 3 rings (SSSR count). The summed E-state index contributed by atoms with van der Waals surface area (Å²) in [6.07, 6.45) is 1.75. The van der Waals surface area contributed by atoms with Gasteiger partial charge in [0, 0.05) is 32.1 Å². The normalized spacial score (nSPS) is 21.0. The minimum atomic E-state index is -0.203. The number of benzene rings is 1. The summed E-state index contributed by atoms with van der Waals surface area (Å²) in [5.74, 6) is -0.00232. The van der Waals surface area contributed by atoms with E-state index >= 15 is 0 Å². The molecule has 1 atom stereocenters. The Labute approximate surface area is 161 Å². The average molecular weight is 392 g/mol. The van der Waals surface area contributed by atoms with E-state index in [0.29, 0.717) is 19.6 Å². The fourth-order valence-corrected chi connectivity index (χ4v) is 3.14. The molecule has 2 aliphatic heterocycles. The monoisotopic (exact) mass is 391 g/mol. The summed E-state index contributed by atoms with van der Waals surface area (Å²) in [5.41, 5.74) is 1.87. The highest BCUT2D eigenvalue weighted by molar-refractivity contribution is 5.94. The highest BCUT2D eigenvalue weighted by Gasteiger charge is 2.21. The molecule has 8 heteroatoms. The van der Waals surface area contributed by atoms with E-state index in [1.807, 2.05) is 24.3 Å². The molecule has 1 unspecified atom stereocenters. The van der Waals surface area contributed by atoms with Gasteiger partial charge < -0.3 is 25.4 Å². The first-order valence-corrected chi connectivity index (χ1v) is 8.35. The third-order valence-electron chi connectivity index (χ3n) is 4.41. The Hall–Kier alpha value is -1.05. The summed E-state index contributed by atoms with van der Waals surface area (Å²) in [6.45, 7) is 3.71. The number of morpholine rings is 1. The van der Waals surface area contributed by atoms with Crippen molar-refractivity contribution >= 4 is 42.1 Å². The number of para-hydroxylation sites is 2. The molecule has 2 heterocycles. The number of carbonyl (C=O) groups is 1. The molecular formula is C17H27Cl2N3O3. The number of ether oxygens (including phenoxy) is 1. The van der Waals surface area contributed by atoms with Crippen molar-refractivity contribution in [2.24, 2.45) is 0 Å². The Morgan fingerprint density at radius 3 is 2.68 bits per heavy atom. The largest absolute Gasteiger partial charge is 0.393 e. The van der Waals surface area contributed by atoms with Crippen molar-refractivity contribution in [3.63, 3.8) is 0 Å². The van der Waals surface area contributed by atoms with E-state index in [9.17, 15) is 9.90 Å². The van der Waals surface area contributed by atoms with Crippen LogP contribution in [0.25, 0.3) is 0 Å². The fraction of sp³-hybridized carbons (Fsp3) is 0.588. The number of nitrogens with zero attached hydrogens (tertiary/aromatic N) is 1. The highest BCUT2D eigenvalue weighted by atomic mass is 35.5. The first-order valence-electron chi connectivity index (χ1n) is 8.35. The number of anilines is 2. The van der Waals surface area contributed by atoms with Gasteiger partial charge in [-0.05, 0) is 25.0 Å². The van der Waals surface area contributed by atoms with E-state index in [2.05, 4.69) is 15.5 Å². The Morgan fingerprint density at radius 2 is 2.00 bits per heavy atom. The van der Waals surface area contributed by atoms with E-state index in [0.717, 1.165) is 43.9 Å². The van der Waals surface area contributed by atoms with Crippen molar-refractivity contribution in [1.29, 1.82) is 0 Å². The van der Waals surface area contributed by atoms with Crippen molar-refractivity contribution in [2.75, 3.05) is 43.1 Å². The number of rotatable bonds is 4. The molecule has 0 aromatic heterocycles. The molecule has 1 aromatic carbocycles. The summed E-state index contributed by atoms with van der Waals surface area (Å²) >= 11 is 0. The van der Waals surface area contributed by atoms with Crippen LogP contribution in [0.15, 0.2) is 24.3 Å². The van der Waals surface area contributed by atoms with E-state index in [1.54, 1.807) is 0 Å². The van der Waals surface area contributed by atoms with Crippen LogP contribution in [0, 0.1) is 0 Å². The van der Waals surface area contributed by atoms with Crippen molar-refractivity contribution in [1.82, 2.24) is 5.32 Å². The van der Waals surface area contributed by atoms with Gasteiger partial charge in [0.1, 0.15) is 0 Å². The average Bonchev–Trinajstić information content (AvgIpc) is 2.57. The summed E-state index contributed by atoms with van der Waals surface area (Å²) in [6, 6.07) is 7.95. The molecular weight excluding hydrogens is 365 g/mol. The van der Waals surface area contributed by atoms with Crippen molar-refractivity contribution < 1.29 is 14.6 Å². The predicted molar refractivity (Wildman–Crippen MR) is 104 cm³/mol. The van der Waals surface area contributed by atoms with Gasteiger partial charge >= 0.3 is 0 Å². The number of nitrogens with one attached hydrogen (secondary N) is 2. The number of aliphatic hydroxyl groups excluding tert-OH is 1. The predicted octanol–water partition coefficient (Wildman–Crippen LogP) is 1.81. The fourth-order valence-electron chi connectivity index (χ4n) is 3.14. The first kappa shape index (κ1) is 22.0. The number of hydrogen-bond donors (Lipinski definition) is 3. The number of aliphatic hydroxyl groups is 1. The van der Waals surface area contributed by atoms with Crippen LogP contribution in [0.5, 0.6) is 0 Å². The lowest BCUT2D eigenvalue weighted by atomic mass is 10.1. The SMILES string of the molecule is Cl.Cl.O=C(CC1COCCN1)Nc1ccccc1N1CCC(O)CC1. The summed E-state index contributed by atoms with van der Waals surface area (Å²) in [7, 11) is 0. The minimum absolute atomic E-state index is 0. The first-order chi connectivity index (χ1) is 11.2. The van der Waals surface area contributed by atoms with Gasteiger partial charge in [0.05, 0.1) is 30.7 Å². The van der Waals surface area contributed by atoms with Gasteiger partial charge in [0.25, 0.3) is 0 Å². The van der Waals surface area contributed by atoms with E-state index in [-0.39, 0.29) is 42.9 Å². The summed E-state index contributed by atoms with van der Waals surface area (Å²) < 4.78 is 5.39. The van der Waals surface area contributed by atoms with Crippen LogP contribution in [-0.4, -0.2) is 56.0 Å². The number of carbonyl (C=O) groups excluding carboxylic acids is 1. The topological polar surface area (TPSA) is 73.8 Å². The standard InChI is InChI=1S/C17H25N3O3.2ClH/c21-14-5-8-20(9-6-14)16-4-2-1-3-15(16)19-17(22)11-13-12-23-10-7-18-13;;/h1-4,13-14,18,21H,5-12H2,(H,19,22);2*1H. The molecule has 25 heavy (non-hydrogen) atoms. The molecule has 2 saturated heterocycles. The molecule has 3 N–H and O–H groups in total. The zero-order chi connectivity index (χ0) is 16.1. The quantitative estimate of drug-likeness (QED) is 0.729. The Bertz CT molecular complexity index is 534. The number of piperidine rings is 1. The smallest absolute Gasteiger partial charge is 0.226 e. The number of halogens is 2. The second-order valence-electron chi connectivity index (χ2n) is 6.21. The van der Waals surface area contributed by atoms with Gasteiger partial charge in [-0.25, -0.2) is 0 Å². The zero-order valence-electron chi connectivity index (χ0n) is 14.1. The Morgan fingerprint density at radius 1 is 1.28 bits per heavy atom. The molecule has 0 spiro atoms. The molecule has 0 radical (unpaired) electrons. The third-order valence-corrected chi connectivity index (χ3v) is 4.41. The molecule has 2 aliphatic rings. The maximum absolute atomic E-state index is 12.3. The van der Waals surface area contributed by atoms with Gasteiger partial charge in [-0.15, -0.1) is 24.8 Å². The molecule has 0 bridgehead atoms. The van der Waals surface area contributed by atoms with Crippen molar-refractivity contribution in [3.8, 4) is 0 Å². The second-order valence-corrected chi connectivity index (χ2v) is 6.21. The number of hydrogen-bond acceptors (Lipinski definition) is 5. The summed E-state index contributed by atoms with van der Waals surface area (Å²) in [4.78, 5) is 14.5. The lowest BCUT2D eigenvalue weighted by Crippen LogP contribution is -2.43. The van der Waals surface area contributed by atoms with E-state index in [1.165, 1.54) is 0 Å². The second kappa shape index (κ2) is 10.8. The summed E-state index contributed by atoms with van der Waals surface area (Å²) in [5, 5.41) is 16.0. The van der Waals surface area contributed by atoms with E-state index < -0.39 is 0 Å². The van der Waals surface area contributed by atoms with Gasteiger partial charge in [-0.2, -0.15) is 0 Å². The van der Waals surface area contributed by atoms with Gasteiger partial charge in [0.2, 0.25) is 5.91 Å². The highest BCUT2D eigenvalue weighted by Crippen LogP contribution is 2.28. The van der Waals surface area contributed by atoms with Gasteiger partial charge in [-0.1, -0.05) is 12.1 Å². The molecule has 1 aromatic rings. The van der Waals surface area contributed by atoms with Gasteiger partial charge in [-0.3, -0.25) is 4.79 Å². The van der Waals surface area contributed by atoms with Crippen LogP contribution in [0.4, 0.5) is 11.4 Å². The van der Waals surface area contributed by atoms with Crippen LogP contribution < -0.4 is 15.5 Å². The van der Waals surface area contributed by atoms with Crippen LogP contribution >= 0.6 is 24.8 Å². The third kappa shape index (κ3) is 6.31. The molecule has 0 aliphatic carbocycles. The maximum Gasteiger partial charge on any atom is 0.226 e. The van der Waals surface area contributed by atoms with Gasteiger partial charge in [0.15, 0.2) is 0 Å². The molecule has 0 saturated carbocycles. The zero-order valence-corrected chi connectivity index (χ0v) is 15.8. The number of amides is 1.